The lowest BCUT2D eigenvalue weighted by atomic mass is 10.0. The molecule has 2 aromatic carbocycles. The smallest absolute Gasteiger partial charge is 0.242 e. The molecule has 0 saturated carbocycles. The highest BCUT2D eigenvalue weighted by Crippen LogP contribution is 2.18. The van der Waals surface area contributed by atoms with Crippen molar-refractivity contribution in [3.63, 3.8) is 0 Å². The van der Waals surface area contributed by atoms with E-state index in [1.54, 1.807) is 12.0 Å². The monoisotopic (exact) mass is 410 g/mol. The van der Waals surface area contributed by atoms with Crippen LogP contribution in [0.25, 0.3) is 0 Å². The molecule has 0 aliphatic carbocycles. The molecule has 2 rings (SSSR count). The van der Waals surface area contributed by atoms with Crippen LogP contribution in [0.3, 0.4) is 0 Å². The third-order valence-electron chi connectivity index (χ3n) is 5.37. The lowest BCUT2D eigenvalue weighted by Crippen LogP contribution is -2.49. The summed E-state index contributed by atoms with van der Waals surface area (Å²) in [6.07, 6.45) is 1.69. The minimum absolute atomic E-state index is 0.0485. The van der Waals surface area contributed by atoms with Crippen molar-refractivity contribution in [2.24, 2.45) is 0 Å². The fourth-order valence-corrected chi connectivity index (χ4v) is 3.40. The minimum Gasteiger partial charge on any atom is -0.497 e. The Morgan fingerprint density at radius 1 is 1.00 bits per heavy atom. The topological polar surface area (TPSA) is 58.6 Å². The summed E-state index contributed by atoms with van der Waals surface area (Å²) in [4.78, 5) is 27.8. The van der Waals surface area contributed by atoms with Crippen LogP contribution in [-0.4, -0.2) is 36.4 Å². The molecule has 30 heavy (non-hydrogen) atoms. The van der Waals surface area contributed by atoms with Crippen molar-refractivity contribution in [3.05, 3.63) is 64.7 Å². The zero-order valence-electron chi connectivity index (χ0n) is 18.8. The standard InChI is InChI=1S/C25H34N2O3/c1-6-14-26-25(29)23(7-2)27(17-20-10-12-22(30-5)13-11-20)24(28)16-21-9-8-18(3)19(4)15-21/h8-13,15,23H,6-7,14,16-17H2,1-5H3,(H,26,29)/t23-/m0/s1. The van der Waals surface area contributed by atoms with Crippen LogP contribution >= 0.6 is 0 Å². The normalized spacial score (nSPS) is 11.6. The first kappa shape index (κ1) is 23.5. The molecule has 5 nitrogen and oxygen atoms in total. The van der Waals surface area contributed by atoms with E-state index >= 15 is 0 Å². The summed E-state index contributed by atoms with van der Waals surface area (Å²) in [5.74, 6) is 0.619. The van der Waals surface area contributed by atoms with Gasteiger partial charge in [0.15, 0.2) is 0 Å². The number of carbonyl (C=O) groups excluding carboxylic acids is 2. The average Bonchev–Trinajstić information content (AvgIpc) is 2.75. The molecule has 0 bridgehead atoms. The molecule has 162 valence electrons. The van der Waals surface area contributed by atoms with Crippen LogP contribution in [0.2, 0.25) is 0 Å². The fourth-order valence-electron chi connectivity index (χ4n) is 3.40. The predicted molar refractivity (Wildman–Crippen MR) is 121 cm³/mol. The zero-order valence-corrected chi connectivity index (χ0v) is 18.8. The van der Waals surface area contributed by atoms with E-state index < -0.39 is 6.04 Å². The van der Waals surface area contributed by atoms with Gasteiger partial charge in [-0.1, -0.05) is 44.2 Å². The van der Waals surface area contributed by atoms with E-state index in [9.17, 15) is 9.59 Å². The van der Waals surface area contributed by atoms with Crippen LogP contribution in [0.1, 0.15) is 48.9 Å². The molecule has 0 aromatic heterocycles. The Balaban J connectivity index is 2.28. The maximum absolute atomic E-state index is 13.3. The molecule has 0 spiro atoms. The number of rotatable bonds is 10. The molecular formula is C25H34N2O3. The Morgan fingerprint density at radius 2 is 1.67 bits per heavy atom. The van der Waals surface area contributed by atoms with Gasteiger partial charge in [-0.15, -0.1) is 0 Å². The van der Waals surface area contributed by atoms with Gasteiger partial charge < -0.3 is 15.0 Å². The zero-order chi connectivity index (χ0) is 22.1. The molecule has 2 aromatic rings. The summed E-state index contributed by atoms with van der Waals surface area (Å²) in [6, 6.07) is 13.2. The van der Waals surface area contributed by atoms with Crippen molar-refractivity contribution in [1.29, 1.82) is 0 Å². The van der Waals surface area contributed by atoms with Gasteiger partial charge in [0.25, 0.3) is 0 Å². The van der Waals surface area contributed by atoms with Gasteiger partial charge in [-0.2, -0.15) is 0 Å². The van der Waals surface area contributed by atoms with Crippen LogP contribution in [0.5, 0.6) is 5.75 Å². The summed E-state index contributed by atoms with van der Waals surface area (Å²) in [6.45, 7) is 9.05. The highest BCUT2D eigenvalue weighted by Gasteiger charge is 2.28. The van der Waals surface area contributed by atoms with Gasteiger partial charge in [-0.05, 0) is 61.1 Å². The fraction of sp³-hybridized carbons (Fsp3) is 0.440. The van der Waals surface area contributed by atoms with Gasteiger partial charge in [0.1, 0.15) is 11.8 Å². The van der Waals surface area contributed by atoms with Crippen molar-refractivity contribution in [3.8, 4) is 5.75 Å². The molecule has 0 saturated heterocycles. The molecule has 2 amide bonds. The van der Waals surface area contributed by atoms with E-state index in [0.717, 1.165) is 28.9 Å². The number of amides is 2. The highest BCUT2D eigenvalue weighted by molar-refractivity contribution is 5.88. The van der Waals surface area contributed by atoms with E-state index in [-0.39, 0.29) is 18.2 Å². The molecule has 0 radical (unpaired) electrons. The van der Waals surface area contributed by atoms with E-state index in [4.69, 9.17) is 4.74 Å². The summed E-state index contributed by atoms with van der Waals surface area (Å²) in [5.41, 5.74) is 4.29. The number of nitrogens with one attached hydrogen (secondary N) is 1. The number of carbonyl (C=O) groups is 2. The second-order valence-electron chi connectivity index (χ2n) is 7.68. The van der Waals surface area contributed by atoms with Crippen molar-refractivity contribution in [2.75, 3.05) is 13.7 Å². The van der Waals surface area contributed by atoms with Crippen LogP contribution in [-0.2, 0) is 22.6 Å². The number of aryl methyl sites for hydroxylation is 2. The third-order valence-corrected chi connectivity index (χ3v) is 5.37. The Labute approximate surface area is 180 Å². The molecule has 1 N–H and O–H groups in total. The number of nitrogens with zero attached hydrogens (tertiary/aromatic N) is 1. The second kappa shape index (κ2) is 11.4. The molecule has 0 aliphatic rings. The SMILES string of the molecule is CCCNC(=O)[C@H](CC)N(Cc1ccc(OC)cc1)C(=O)Cc1ccc(C)c(C)c1. The van der Waals surface area contributed by atoms with Crippen LogP contribution in [0.4, 0.5) is 0 Å². The second-order valence-corrected chi connectivity index (χ2v) is 7.68. The van der Waals surface area contributed by atoms with Crippen LogP contribution < -0.4 is 10.1 Å². The summed E-state index contributed by atoms with van der Waals surface area (Å²) in [7, 11) is 1.62. The van der Waals surface area contributed by atoms with Crippen molar-refractivity contribution < 1.29 is 14.3 Å². The number of benzene rings is 2. The number of ether oxygens (including phenoxy) is 1. The maximum Gasteiger partial charge on any atom is 0.242 e. The Kier molecular flexibility index (Phi) is 8.90. The Hall–Kier alpha value is -2.82. The Morgan fingerprint density at radius 3 is 2.23 bits per heavy atom. The van der Waals surface area contributed by atoms with Gasteiger partial charge in [0.2, 0.25) is 11.8 Å². The van der Waals surface area contributed by atoms with Gasteiger partial charge >= 0.3 is 0 Å². The summed E-state index contributed by atoms with van der Waals surface area (Å²) in [5, 5.41) is 2.95. The van der Waals surface area contributed by atoms with E-state index in [1.165, 1.54) is 5.56 Å². The van der Waals surface area contributed by atoms with Crippen LogP contribution in [0, 0.1) is 13.8 Å². The Bertz CT molecular complexity index is 846. The van der Waals surface area contributed by atoms with Crippen molar-refractivity contribution >= 4 is 11.8 Å². The maximum atomic E-state index is 13.3. The first-order chi connectivity index (χ1) is 14.4. The van der Waals surface area contributed by atoms with Gasteiger partial charge in [0, 0.05) is 13.1 Å². The van der Waals surface area contributed by atoms with E-state index in [2.05, 4.69) is 18.3 Å². The first-order valence-electron chi connectivity index (χ1n) is 10.7. The predicted octanol–water partition coefficient (Wildman–Crippen LogP) is 4.19. The van der Waals surface area contributed by atoms with Gasteiger partial charge in [-0.25, -0.2) is 0 Å². The van der Waals surface area contributed by atoms with Gasteiger partial charge in [0.05, 0.1) is 13.5 Å². The number of hydrogen-bond acceptors (Lipinski definition) is 3. The minimum atomic E-state index is -0.502. The van der Waals surface area contributed by atoms with E-state index in [1.807, 2.05) is 57.2 Å². The van der Waals surface area contributed by atoms with Crippen molar-refractivity contribution in [2.45, 2.75) is 59.5 Å². The molecule has 0 fully saturated rings. The summed E-state index contributed by atoms with van der Waals surface area (Å²) < 4.78 is 5.23. The summed E-state index contributed by atoms with van der Waals surface area (Å²) >= 11 is 0. The quantitative estimate of drug-likeness (QED) is 0.639. The third kappa shape index (κ3) is 6.34. The number of methoxy groups -OCH3 is 1. The van der Waals surface area contributed by atoms with E-state index in [0.29, 0.717) is 19.5 Å². The molecular weight excluding hydrogens is 376 g/mol. The largest absolute Gasteiger partial charge is 0.497 e. The molecule has 0 heterocycles. The molecule has 1 atom stereocenters. The van der Waals surface area contributed by atoms with Gasteiger partial charge in [-0.3, -0.25) is 9.59 Å². The lowest BCUT2D eigenvalue weighted by molar-refractivity contribution is -0.140. The molecule has 5 heteroatoms. The van der Waals surface area contributed by atoms with Crippen molar-refractivity contribution in [1.82, 2.24) is 10.2 Å². The average molecular weight is 411 g/mol. The molecule has 0 aliphatic heterocycles. The first-order valence-corrected chi connectivity index (χ1v) is 10.7. The lowest BCUT2D eigenvalue weighted by Gasteiger charge is -2.31. The number of hydrogen-bond donors (Lipinski definition) is 1. The van der Waals surface area contributed by atoms with Crippen LogP contribution in [0.15, 0.2) is 42.5 Å². The highest BCUT2D eigenvalue weighted by atomic mass is 16.5. The molecule has 0 unspecified atom stereocenters.